The first kappa shape index (κ1) is 17.6. The van der Waals surface area contributed by atoms with E-state index in [0.29, 0.717) is 26.4 Å². The summed E-state index contributed by atoms with van der Waals surface area (Å²) in [5, 5.41) is 0. The van der Waals surface area contributed by atoms with Crippen molar-refractivity contribution in [2.45, 2.75) is 6.92 Å². The number of para-hydroxylation sites is 1. The highest BCUT2D eigenvalue weighted by Gasteiger charge is 2.33. The van der Waals surface area contributed by atoms with Crippen molar-refractivity contribution in [2.75, 3.05) is 4.90 Å². The zero-order valence-corrected chi connectivity index (χ0v) is 16.0. The Bertz CT molecular complexity index is 1020. The molecule has 4 rings (SSSR count). The number of thiocarbonyl (C=S) groups is 1. The molecule has 27 heavy (non-hydrogen) atoms. The summed E-state index contributed by atoms with van der Waals surface area (Å²) in [4.78, 5) is 14.8. The van der Waals surface area contributed by atoms with Gasteiger partial charge in [0.2, 0.25) is 0 Å². The highest BCUT2D eigenvalue weighted by molar-refractivity contribution is 8.27. The van der Waals surface area contributed by atoms with Gasteiger partial charge in [0, 0.05) is 6.08 Å². The summed E-state index contributed by atoms with van der Waals surface area (Å²) in [6.45, 7) is 1.86. The average Bonchev–Trinajstić information content (AvgIpc) is 3.20. The highest BCUT2D eigenvalue weighted by atomic mass is 32.2. The molecule has 134 valence electrons. The molecule has 0 spiro atoms. The molecular formula is C21H15NO3S2. The molecule has 3 aromatic rings. The van der Waals surface area contributed by atoms with E-state index < -0.39 is 0 Å². The Morgan fingerprint density at radius 2 is 1.70 bits per heavy atom. The van der Waals surface area contributed by atoms with E-state index in [9.17, 15) is 4.79 Å². The molecule has 0 bridgehead atoms. The highest BCUT2D eigenvalue weighted by Crippen LogP contribution is 2.37. The Hall–Kier alpha value is -2.83. The number of aryl methyl sites for hydroxylation is 1. The molecule has 0 atom stereocenters. The summed E-state index contributed by atoms with van der Waals surface area (Å²) >= 11 is 6.67. The normalized spacial score (nSPS) is 15.6. The van der Waals surface area contributed by atoms with Crippen LogP contribution in [-0.2, 0) is 4.79 Å². The molecule has 0 N–H and O–H groups in total. The third-order valence-corrected chi connectivity index (χ3v) is 5.20. The molecule has 6 heteroatoms. The number of hydrogen-bond donors (Lipinski definition) is 0. The number of carbonyl (C=O) groups is 1. The quantitative estimate of drug-likeness (QED) is 0.415. The van der Waals surface area contributed by atoms with E-state index in [1.165, 1.54) is 16.7 Å². The van der Waals surface area contributed by atoms with E-state index in [-0.39, 0.29) is 5.91 Å². The molecule has 2 aromatic carbocycles. The van der Waals surface area contributed by atoms with E-state index in [2.05, 4.69) is 0 Å². The van der Waals surface area contributed by atoms with Gasteiger partial charge in [-0.25, -0.2) is 0 Å². The maximum atomic E-state index is 12.8. The first-order valence-electron chi connectivity index (χ1n) is 8.27. The summed E-state index contributed by atoms with van der Waals surface area (Å²) < 4.78 is 11.8. The molecule has 4 nitrogen and oxygen atoms in total. The lowest BCUT2D eigenvalue weighted by atomic mass is 10.2. The summed E-state index contributed by atoms with van der Waals surface area (Å²) in [6, 6.07) is 20.5. The van der Waals surface area contributed by atoms with Crippen LogP contribution >= 0.6 is 24.0 Å². The van der Waals surface area contributed by atoms with Crippen molar-refractivity contribution in [1.29, 1.82) is 0 Å². The average molecular weight is 393 g/mol. The molecule has 1 amide bonds. The van der Waals surface area contributed by atoms with E-state index >= 15 is 0 Å². The van der Waals surface area contributed by atoms with Gasteiger partial charge in [0.15, 0.2) is 4.32 Å². The van der Waals surface area contributed by atoms with Gasteiger partial charge in [-0.15, -0.1) is 0 Å². The van der Waals surface area contributed by atoms with Gasteiger partial charge in [0.05, 0.1) is 10.6 Å². The van der Waals surface area contributed by atoms with Crippen LogP contribution in [0.1, 0.15) is 11.5 Å². The Morgan fingerprint density at radius 3 is 2.37 bits per heavy atom. The molecule has 1 aliphatic heterocycles. The van der Waals surface area contributed by atoms with Crippen molar-refractivity contribution in [3.63, 3.8) is 0 Å². The monoisotopic (exact) mass is 393 g/mol. The maximum absolute atomic E-state index is 12.8. The molecule has 0 unspecified atom stereocenters. The maximum Gasteiger partial charge on any atom is 0.270 e. The van der Waals surface area contributed by atoms with Gasteiger partial charge in [-0.1, -0.05) is 42.2 Å². The van der Waals surface area contributed by atoms with Crippen molar-refractivity contribution < 1.29 is 13.9 Å². The minimum atomic E-state index is -0.157. The minimum absolute atomic E-state index is 0.157. The summed E-state index contributed by atoms with van der Waals surface area (Å²) in [7, 11) is 0. The molecule has 0 aliphatic carbocycles. The molecule has 2 heterocycles. The van der Waals surface area contributed by atoms with Crippen LogP contribution in [0.5, 0.6) is 11.5 Å². The van der Waals surface area contributed by atoms with Gasteiger partial charge in [-0.3, -0.25) is 9.69 Å². The number of thioether (sulfide) groups is 1. The Morgan fingerprint density at radius 1 is 1.00 bits per heavy atom. The minimum Gasteiger partial charge on any atom is -0.462 e. The van der Waals surface area contributed by atoms with Crippen LogP contribution < -0.4 is 9.64 Å². The van der Waals surface area contributed by atoms with Crippen molar-refractivity contribution in [3.05, 3.63) is 83.2 Å². The van der Waals surface area contributed by atoms with Crippen LogP contribution in [0.4, 0.5) is 5.69 Å². The lowest BCUT2D eigenvalue weighted by Gasteiger charge is -2.15. The van der Waals surface area contributed by atoms with Gasteiger partial charge in [-0.2, -0.15) is 0 Å². The van der Waals surface area contributed by atoms with Gasteiger partial charge < -0.3 is 9.15 Å². The molecular weight excluding hydrogens is 378 g/mol. The first-order chi connectivity index (χ1) is 13.1. The second kappa shape index (κ2) is 7.42. The zero-order valence-electron chi connectivity index (χ0n) is 14.4. The van der Waals surface area contributed by atoms with E-state index in [1.807, 2.05) is 73.7 Å². The van der Waals surface area contributed by atoms with Crippen LogP contribution in [0, 0.1) is 6.92 Å². The zero-order chi connectivity index (χ0) is 18.8. The van der Waals surface area contributed by atoms with Crippen LogP contribution in [0.3, 0.4) is 0 Å². The van der Waals surface area contributed by atoms with Crippen molar-refractivity contribution >= 4 is 46.0 Å². The van der Waals surface area contributed by atoms with Crippen molar-refractivity contribution in [3.8, 4) is 11.5 Å². The van der Waals surface area contributed by atoms with Crippen molar-refractivity contribution in [1.82, 2.24) is 0 Å². The number of ether oxygens (including phenoxy) is 1. The number of amides is 1. The number of rotatable bonds is 4. The van der Waals surface area contributed by atoms with E-state index in [0.717, 1.165) is 11.5 Å². The predicted molar refractivity (Wildman–Crippen MR) is 112 cm³/mol. The van der Waals surface area contributed by atoms with Gasteiger partial charge >= 0.3 is 0 Å². The molecule has 1 saturated heterocycles. The summed E-state index contributed by atoms with van der Waals surface area (Å²) in [6.07, 6.45) is 1.72. The number of carbonyl (C=O) groups excluding carboxylic acids is 1. The summed E-state index contributed by atoms with van der Waals surface area (Å²) in [5.74, 6) is 2.73. The Labute approximate surface area is 166 Å². The standard InChI is InChI=1S/C21H15NO3S2/c1-14-7-10-18(24-14)13-19-20(23)22(21(26)27-19)15-8-11-17(12-9-15)25-16-5-3-2-4-6-16/h2-13H,1H3/b19-13+. The fraction of sp³-hybridized carbons (Fsp3) is 0.0476. The molecule has 1 fully saturated rings. The molecule has 1 aliphatic rings. The van der Waals surface area contributed by atoms with Crippen LogP contribution in [0.2, 0.25) is 0 Å². The molecule has 0 saturated carbocycles. The molecule has 1 aromatic heterocycles. The topological polar surface area (TPSA) is 42.7 Å². The van der Waals surface area contributed by atoms with Crippen LogP contribution in [-0.4, -0.2) is 10.2 Å². The Balaban J connectivity index is 1.53. The fourth-order valence-corrected chi connectivity index (χ4v) is 3.92. The largest absolute Gasteiger partial charge is 0.462 e. The third-order valence-electron chi connectivity index (χ3n) is 3.90. The lowest BCUT2D eigenvalue weighted by molar-refractivity contribution is -0.113. The predicted octanol–water partition coefficient (Wildman–Crippen LogP) is 5.79. The number of hydrogen-bond acceptors (Lipinski definition) is 5. The van der Waals surface area contributed by atoms with E-state index in [1.54, 1.807) is 6.08 Å². The Kier molecular flexibility index (Phi) is 4.83. The lowest BCUT2D eigenvalue weighted by Crippen LogP contribution is -2.27. The number of furan rings is 1. The van der Waals surface area contributed by atoms with Crippen LogP contribution in [0.15, 0.2) is 76.1 Å². The number of anilines is 1. The number of benzene rings is 2. The van der Waals surface area contributed by atoms with Crippen molar-refractivity contribution in [2.24, 2.45) is 0 Å². The van der Waals surface area contributed by atoms with Gasteiger partial charge in [-0.05, 0) is 55.5 Å². The van der Waals surface area contributed by atoms with E-state index in [4.69, 9.17) is 21.4 Å². The van der Waals surface area contributed by atoms with Gasteiger partial charge in [0.1, 0.15) is 23.0 Å². The second-order valence-electron chi connectivity index (χ2n) is 5.87. The third kappa shape index (κ3) is 3.82. The SMILES string of the molecule is Cc1ccc(/C=C2/SC(=S)N(c3ccc(Oc4ccccc4)cc3)C2=O)o1. The van der Waals surface area contributed by atoms with Gasteiger partial charge in [0.25, 0.3) is 5.91 Å². The fourth-order valence-electron chi connectivity index (χ4n) is 2.64. The smallest absolute Gasteiger partial charge is 0.270 e. The second-order valence-corrected chi connectivity index (χ2v) is 7.55. The summed E-state index contributed by atoms with van der Waals surface area (Å²) in [5.41, 5.74) is 0.705. The van der Waals surface area contributed by atoms with Crippen LogP contribution in [0.25, 0.3) is 6.08 Å². The molecule has 0 radical (unpaired) electrons. The number of nitrogens with zero attached hydrogens (tertiary/aromatic N) is 1. The first-order valence-corrected chi connectivity index (χ1v) is 9.50.